The number of thiophene rings is 1. The monoisotopic (exact) mass is 442 g/mol. The fraction of sp³-hybridized carbons (Fsp3) is 0.409. The van der Waals surface area contributed by atoms with Crippen molar-refractivity contribution in [2.75, 3.05) is 13.1 Å². The lowest BCUT2D eigenvalue weighted by Gasteiger charge is -2.19. The number of rotatable bonds is 8. The molecule has 30 heavy (non-hydrogen) atoms. The maximum atomic E-state index is 6.22. The first kappa shape index (κ1) is 20.9. The van der Waals surface area contributed by atoms with Gasteiger partial charge in [-0.1, -0.05) is 29.8 Å². The fourth-order valence-corrected chi connectivity index (χ4v) is 4.36. The molecule has 1 aliphatic rings. The van der Waals surface area contributed by atoms with Crippen LogP contribution >= 0.6 is 22.9 Å². The molecule has 0 bridgehead atoms. The van der Waals surface area contributed by atoms with Crippen molar-refractivity contribution in [1.29, 1.82) is 0 Å². The molecular weight excluding hydrogens is 416 g/mol. The highest BCUT2D eigenvalue weighted by molar-refractivity contribution is 7.09. The van der Waals surface area contributed by atoms with Crippen LogP contribution in [0.2, 0.25) is 5.02 Å². The summed E-state index contributed by atoms with van der Waals surface area (Å²) < 4.78 is 1.97. The Hall–Kier alpha value is -2.38. The van der Waals surface area contributed by atoms with Gasteiger partial charge in [0, 0.05) is 35.5 Å². The largest absolute Gasteiger partial charge is 0.356 e. The maximum Gasteiger partial charge on any atom is 0.191 e. The number of aromatic nitrogens is 3. The number of halogens is 1. The average Bonchev–Trinajstić information content (AvgIpc) is 3.23. The summed E-state index contributed by atoms with van der Waals surface area (Å²) in [5, 5.41) is 18.3. The van der Waals surface area contributed by atoms with Crippen LogP contribution in [0.5, 0.6) is 0 Å². The molecule has 6 nitrogen and oxygen atoms in total. The van der Waals surface area contributed by atoms with Gasteiger partial charge in [0.15, 0.2) is 11.8 Å². The SMILES string of the molecule is Cc1nnc(CN=C(NCCc2cccs2)NCC2(c3cccc(Cl)c3)CC2)n1C. The summed E-state index contributed by atoms with van der Waals surface area (Å²) >= 11 is 8.00. The summed E-state index contributed by atoms with van der Waals surface area (Å²) in [5.74, 6) is 2.54. The molecule has 0 atom stereocenters. The highest BCUT2D eigenvalue weighted by atomic mass is 35.5. The second-order valence-electron chi connectivity index (χ2n) is 7.79. The van der Waals surface area contributed by atoms with E-state index in [0.29, 0.717) is 6.54 Å². The van der Waals surface area contributed by atoms with Crippen LogP contribution in [0.25, 0.3) is 0 Å². The molecule has 2 heterocycles. The summed E-state index contributed by atoms with van der Waals surface area (Å²) in [4.78, 5) is 6.14. The smallest absolute Gasteiger partial charge is 0.191 e. The first-order chi connectivity index (χ1) is 14.6. The van der Waals surface area contributed by atoms with Gasteiger partial charge in [-0.25, -0.2) is 4.99 Å². The van der Waals surface area contributed by atoms with Gasteiger partial charge in [0.1, 0.15) is 12.4 Å². The van der Waals surface area contributed by atoms with Gasteiger partial charge in [0.05, 0.1) is 0 Å². The van der Waals surface area contributed by atoms with Gasteiger partial charge in [-0.05, 0) is 55.3 Å². The number of hydrogen-bond donors (Lipinski definition) is 2. The minimum absolute atomic E-state index is 0.141. The first-order valence-electron chi connectivity index (χ1n) is 10.2. The number of aliphatic imine (C=N–C) groups is 1. The molecular formula is C22H27ClN6S. The van der Waals surface area contributed by atoms with Crippen LogP contribution in [0.15, 0.2) is 46.8 Å². The molecule has 1 aromatic carbocycles. The van der Waals surface area contributed by atoms with Crippen LogP contribution in [0.4, 0.5) is 0 Å². The summed E-state index contributed by atoms with van der Waals surface area (Å²) in [6.45, 7) is 4.08. The van der Waals surface area contributed by atoms with Gasteiger partial charge in [-0.3, -0.25) is 0 Å². The van der Waals surface area contributed by atoms with Crippen molar-refractivity contribution in [1.82, 2.24) is 25.4 Å². The molecule has 2 aromatic heterocycles. The van der Waals surface area contributed by atoms with E-state index in [1.54, 1.807) is 11.3 Å². The van der Waals surface area contributed by atoms with Crippen LogP contribution in [0, 0.1) is 6.92 Å². The Balaban J connectivity index is 1.42. The third-order valence-electron chi connectivity index (χ3n) is 5.69. The van der Waals surface area contributed by atoms with Crippen molar-refractivity contribution >= 4 is 28.9 Å². The van der Waals surface area contributed by atoms with Crippen molar-refractivity contribution in [3.05, 3.63) is 68.9 Å². The molecule has 0 saturated heterocycles. The van der Waals surface area contributed by atoms with Gasteiger partial charge < -0.3 is 15.2 Å². The van der Waals surface area contributed by atoms with E-state index in [4.69, 9.17) is 16.6 Å². The Labute approximate surface area is 186 Å². The zero-order chi connectivity index (χ0) is 21.0. The zero-order valence-electron chi connectivity index (χ0n) is 17.4. The van der Waals surface area contributed by atoms with Crippen LogP contribution in [0.1, 0.15) is 34.9 Å². The van der Waals surface area contributed by atoms with Gasteiger partial charge >= 0.3 is 0 Å². The molecule has 2 N–H and O–H groups in total. The molecule has 0 spiro atoms. The minimum Gasteiger partial charge on any atom is -0.356 e. The van der Waals surface area contributed by atoms with Crippen molar-refractivity contribution in [3.63, 3.8) is 0 Å². The van der Waals surface area contributed by atoms with E-state index < -0.39 is 0 Å². The fourth-order valence-electron chi connectivity index (χ4n) is 3.46. The Kier molecular flexibility index (Phi) is 6.39. The molecule has 158 valence electrons. The Morgan fingerprint density at radius 2 is 2.10 bits per heavy atom. The van der Waals surface area contributed by atoms with E-state index in [1.165, 1.54) is 10.4 Å². The third-order valence-corrected chi connectivity index (χ3v) is 6.86. The summed E-state index contributed by atoms with van der Waals surface area (Å²) in [6.07, 6.45) is 3.29. The summed E-state index contributed by atoms with van der Waals surface area (Å²) in [7, 11) is 1.97. The Morgan fingerprint density at radius 3 is 2.77 bits per heavy atom. The number of hydrogen-bond acceptors (Lipinski definition) is 4. The summed E-state index contributed by atoms with van der Waals surface area (Å²) in [5.41, 5.74) is 1.44. The van der Waals surface area contributed by atoms with Gasteiger partial charge in [0.2, 0.25) is 0 Å². The van der Waals surface area contributed by atoms with Crippen LogP contribution in [-0.4, -0.2) is 33.8 Å². The molecule has 0 radical (unpaired) electrons. The molecule has 1 fully saturated rings. The predicted molar refractivity (Wildman–Crippen MR) is 123 cm³/mol. The predicted octanol–water partition coefficient (Wildman–Crippen LogP) is 3.85. The summed E-state index contributed by atoms with van der Waals surface area (Å²) in [6, 6.07) is 12.5. The number of nitrogens with zero attached hydrogens (tertiary/aromatic N) is 4. The molecule has 8 heteroatoms. The van der Waals surface area contributed by atoms with E-state index in [2.05, 4.69) is 50.5 Å². The maximum absolute atomic E-state index is 6.22. The van der Waals surface area contributed by atoms with Crippen molar-refractivity contribution < 1.29 is 0 Å². The minimum atomic E-state index is 0.141. The van der Waals surface area contributed by atoms with E-state index in [1.807, 2.05) is 30.7 Å². The highest BCUT2D eigenvalue weighted by Crippen LogP contribution is 2.48. The van der Waals surface area contributed by atoms with Crippen LogP contribution < -0.4 is 10.6 Å². The lowest BCUT2D eigenvalue weighted by atomic mass is 9.96. The molecule has 0 unspecified atom stereocenters. The lowest BCUT2D eigenvalue weighted by Crippen LogP contribution is -2.42. The Bertz CT molecular complexity index is 1010. The molecule has 1 aliphatic carbocycles. The molecule has 4 rings (SSSR count). The highest BCUT2D eigenvalue weighted by Gasteiger charge is 2.44. The number of guanidine groups is 1. The normalized spacial score (nSPS) is 15.2. The van der Waals surface area contributed by atoms with E-state index in [0.717, 1.165) is 55.0 Å². The van der Waals surface area contributed by atoms with Gasteiger partial charge in [-0.15, -0.1) is 21.5 Å². The topological polar surface area (TPSA) is 67.1 Å². The average molecular weight is 443 g/mol. The zero-order valence-corrected chi connectivity index (χ0v) is 18.9. The van der Waals surface area contributed by atoms with Gasteiger partial charge in [-0.2, -0.15) is 0 Å². The number of aryl methyl sites for hydroxylation is 1. The van der Waals surface area contributed by atoms with E-state index in [9.17, 15) is 0 Å². The van der Waals surface area contributed by atoms with Crippen molar-refractivity contribution in [3.8, 4) is 0 Å². The standard InChI is InChI=1S/C22H27ClN6S/c1-16-27-28-20(29(16)2)14-25-21(24-11-8-19-7-4-12-30-19)26-15-22(9-10-22)17-5-3-6-18(23)13-17/h3-7,12-13H,8-11,14-15H2,1-2H3,(H2,24,25,26). The number of benzene rings is 1. The third kappa shape index (κ3) is 5.02. The van der Waals surface area contributed by atoms with Crippen molar-refractivity contribution in [2.45, 2.75) is 38.1 Å². The van der Waals surface area contributed by atoms with Crippen molar-refractivity contribution in [2.24, 2.45) is 12.0 Å². The Morgan fingerprint density at radius 1 is 1.23 bits per heavy atom. The molecule has 0 aliphatic heterocycles. The molecule has 3 aromatic rings. The quantitative estimate of drug-likeness (QED) is 0.410. The van der Waals surface area contributed by atoms with E-state index >= 15 is 0 Å². The van der Waals surface area contributed by atoms with E-state index in [-0.39, 0.29) is 5.41 Å². The molecule has 1 saturated carbocycles. The van der Waals surface area contributed by atoms with Crippen LogP contribution in [0.3, 0.4) is 0 Å². The first-order valence-corrected chi connectivity index (χ1v) is 11.5. The molecule has 0 amide bonds. The number of nitrogens with one attached hydrogen (secondary N) is 2. The van der Waals surface area contributed by atoms with Crippen LogP contribution in [-0.2, 0) is 25.4 Å². The second-order valence-corrected chi connectivity index (χ2v) is 9.26. The lowest BCUT2D eigenvalue weighted by molar-refractivity contribution is 0.642. The second kappa shape index (κ2) is 9.18. The van der Waals surface area contributed by atoms with Gasteiger partial charge in [0.25, 0.3) is 0 Å².